The van der Waals surface area contributed by atoms with Crippen molar-refractivity contribution in [1.29, 1.82) is 0 Å². The molecule has 0 spiro atoms. The summed E-state index contributed by atoms with van der Waals surface area (Å²) < 4.78 is 0. The molecule has 0 aliphatic heterocycles. The monoisotopic (exact) mass is 417 g/mol. The fourth-order valence-electron chi connectivity index (χ4n) is 2.41. The number of carbonyl (C=O) groups excluding carboxylic acids is 1. The minimum absolute atomic E-state index is 0.202. The number of halogens is 2. The Morgan fingerprint density at radius 1 is 1.19 bits per heavy atom. The molecule has 3 aromatic rings. The van der Waals surface area contributed by atoms with E-state index in [2.05, 4.69) is 15.5 Å². The molecular formula is C20H17Cl2N3OS. The number of thioether (sulfide) groups is 1. The lowest BCUT2D eigenvalue weighted by Gasteiger charge is -2.09. The van der Waals surface area contributed by atoms with Gasteiger partial charge in [0, 0.05) is 20.9 Å². The van der Waals surface area contributed by atoms with E-state index in [-0.39, 0.29) is 11.2 Å². The highest BCUT2D eigenvalue weighted by molar-refractivity contribution is 8.00. The van der Waals surface area contributed by atoms with E-state index in [1.807, 2.05) is 50.2 Å². The van der Waals surface area contributed by atoms with Crippen molar-refractivity contribution in [2.45, 2.75) is 24.0 Å². The number of hydrogen-bond acceptors (Lipinski definition) is 4. The standard InChI is InChI=1S/C20H17Cl2N3OS/c1-12-3-8-18-14(9-12)10-15(19(22)24-18)11-23-25-20(26)13(2)27-17-6-4-16(21)5-7-17/h3-11,13H,1-2H3,(H,25,26)/b23-11-/t13-/m1/s1. The Balaban J connectivity index is 1.65. The van der Waals surface area contributed by atoms with Gasteiger partial charge >= 0.3 is 0 Å². The maximum Gasteiger partial charge on any atom is 0.253 e. The molecule has 1 N–H and O–H groups in total. The van der Waals surface area contributed by atoms with Crippen molar-refractivity contribution in [2.75, 3.05) is 0 Å². The molecule has 0 aliphatic rings. The maximum absolute atomic E-state index is 12.2. The largest absolute Gasteiger partial charge is 0.272 e. The summed E-state index contributed by atoms with van der Waals surface area (Å²) in [6.45, 7) is 3.83. The van der Waals surface area contributed by atoms with Gasteiger partial charge in [0.05, 0.1) is 17.0 Å². The zero-order valence-corrected chi connectivity index (χ0v) is 17.1. The summed E-state index contributed by atoms with van der Waals surface area (Å²) in [6.07, 6.45) is 1.51. The number of aromatic nitrogens is 1. The van der Waals surface area contributed by atoms with E-state index in [0.29, 0.717) is 15.7 Å². The summed E-state index contributed by atoms with van der Waals surface area (Å²) >= 11 is 13.5. The van der Waals surface area contributed by atoms with E-state index in [1.54, 1.807) is 12.1 Å². The number of hydrazone groups is 1. The first-order chi connectivity index (χ1) is 12.9. The Morgan fingerprint density at radius 3 is 2.67 bits per heavy atom. The quantitative estimate of drug-likeness (QED) is 0.258. The molecule has 0 bridgehead atoms. The molecule has 1 amide bonds. The van der Waals surface area contributed by atoms with Gasteiger partial charge in [-0.25, -0.2) is 10.4 Å². The van der Waals surface area contributed by atoms with E-state index >= 15 is 0 Å². The van der Waals surface area contributed by atoms with Gasteiger partial charge in [0.1, 0.15) is 5.15 Å². The number of amides is 1. The lowest BCUT2D eigenvalue weighted by Crippen LogP contribution is -2.26. The van der Waals surface area contributed by atoms with Crippen LogP contribution in [0.5, 0.6) is 0 Å². The molecule has 0 aliphatic carbocycles. The zero-order chi connectivity index (χ0) is 19.4. The molecule has 4 nitrogen and oxygen atoms in total. The summed E-state index contributed by atoms with van der Waals surface area (Å²) in [7, 11) is 0. The van der Waals surface area contributed by atoms with Gasteiger partial charge in [-0.05, 0) is 56.3 Å². The highest BCUT2D eigenvalue weighted by atomic mass is 35.5. The normalized spacial score (nSPS) is 12.4. The summed E-state index contributed by atoms with van der Waals surface area (Å²) in [5, 5.41) is 5.69. The predicted molar refractivity (Wildman–Crippen MR) is 114 cm³/mol. The van der Waals surface area contributed by atoms with Crippen LogP contribution in [0.2, 0.25) is 10.2 Å². The van der Waals surface area contributed by atoms with Gasteiger partial charge < -0.3 is 0 Å². The number of nitrogens with zero attached hydrogens (tertiary/aromatic N) is 2. The van der Waals surface area contributed by atoms with Gasteiger partial charge in [0.25, 0.3) is 5.91 Å². The molecule has 1 aromatic heterocycles. The van der Waals surface area contributed by atoms with Crippen molar-refractivity contribution in [2.24, 2.45) is 5.10 Å². The average Bonchev–Trinajstić information content (AvgIpc) is 2.64. The molecule has 3 rings (SSSR count). The van der Waals surface area contributed by atoms with E-state index in [1.165, 1.54) is 18.0 Å². The van der Waals surface area contributed by atoms with E-state index in [9.17, 15) is 4.79 Å². The summed E-state index contributed by atoms with van der Waals surface area (Å²) in [5.41, 5.74) is 5.15. The molecule has 0 fully saturated rings. The second kappa shape index (κ2) is 8.74. The number of fused-ring (bicyclic) bond motifs is 1. The van der Waals surface area contributed by atoms with Gasteiger partial charge in [0.15, 0.2) is 0 Å². The average molecular weight is 418 g/mol. The first-order valence-electron chi connectivity index (χ1n) is 8.24. The van der Waals surface area contributed by atoms with Crippen molar-refractivity contribution in [3.63, 3.8) is 0 Å². The minimum atomic E-state index is -0.309. The Morgan fingerprint density at radius 2 is 1.93 bits per heavy atom. The number of hydrogen-bond donors (Lipinski definition) is 1. The van der Waals surface area contributed by atoms with Crippen molar-refractivity contribution in [1.82, 2.24) is 10.4 Å². The second-order valence-electron chi connectivity index (χ2n) is 6.01. The molecular weight excluding hydrogens is 401 g/mol. The molecule has 0 saturated heterocycles. The summed E-state index contributed by atoms with van der Waals surface area (Å²) in [6, 6.07) is 15.2. The fraction of sp³-hybridized carbons (Fsp3) is 0.150. The Kier molecular flexibility index (Phi) is 6.37. The number of nitrogens with one attached hydrogen (secondary N) is 1. The number of benzene rings is 2. The van der Waals surface area contributed by atoms with Gasteiger partial charge in [-0.15, -0.1) is 11.8 Å². The third-order valence-electron chi connectivity index (χ3n) is 3.82. The van der Waals surface area contributed by atoms with E-state index in [4.69, 9.17) is 23.2 Å². The van der Waals surface area contributed by atoms with Gasteiger partial charge in [-0.1, -0.05) is 34.8 Å². The molecule has 2 aromatic carbocycles. The Hall–Kier alpha value is -2.08. The van der Waals surface area contributed by atoms with Crippen LogP contribution in [0.25, 0.3) is 10.9 Å². The molecule has 138 valence electrons. The highest BCUT2D eigenvalue weighted by Crippen LogP contribution is 2.25. The number of pyridine rings is 1. The van der Waals surface area contributed by atoms with Crippen LogP contribution < -0.4 is 5.43 Å². The van der Waals surface area contributed by atoms with Crippen LogP contribution in [-0.2, 0) is 4.79 Å². The van der Waals surface area contributed by atoms with Crippen LogP contribution in [0, 0.1) is 6.92 Å². The van der Waals surface area contributed by atoms with E-state index in [0.717, 1.165) is 21.4 Å². The third kappa shape index (κ3) is 5.22. The van der Waals surface area contributed by atoms with Gasteiger partial charge in [0.2, 0.25) is 0 Å². The topological polar surface area (TPSA) is 54.4 Å². The molecule has 1 heterocycles. The van der Waals surface area contributed by atoms with Crippen molar-refractivity contribution < 1.29 is 4.79 Å². The van der Waals surface area contributed by atoms with Crippen LogP contribution >= 0.6 is 35.0 Å². The fourth-order valence-corrected chi connectivity index (χ4v) is 3.59. The van der Waals surface area contributed by atoms with Crippen LogP contribution in [-0.4, -0.2) is 22.4 Å². The van der Waals surface area contributed by atoms with Crippen LogP contribution in [0.3, 0.4) is 0 Å². The Bertz CT molecular complexity index is 1010. The van der Waals surface area contributed by atoms with Crippen molar-refractivity contribution >= 4 is 58.0 Å². The summed E-state index contributed by atoms with van der Waals surface area (Å²) in [4.78, 5) is 17.5. The van der Waals surface area contributed by atoms with Crippen molar-refractivity contribution in [3.8, 4) is 0 Å². The maximum atomic E-state index is 12.2. The molecule has 0 saturated carbocycles. The van der Waals surface area contributed by atoms with Crippen LogP contribution in [0.1, 0.15) is 18.1 Å². The van der Waals surface area contributed by atoms with Crippen LogP contribution in [0.15, 0.2) is 58.5 Å². The molecule has 0 radical (unpaired) electrons. The molecule has 27 heavy (non-hydrogen) atoms. The second-order valence-corrected chi connectivity index (χ2v) is 8.22. The molecule has 1 atom stereocenters. The predicted octanol–water partition coefficient (Wildman–Crippen LogP) is 5.48. The third-order valence-corrected chi connectivity index (χ3v) is 5.49. The summed E-state index contributed by atoms with van der Waals surface area (Å²) in [5.74, 6) is -0.202. The number of aryl methyl sites for hydroxylation is 1. The van der Waals surface area contributed by atoms with Crippen molar-refractivity contribution in [3.05, 3.63) is 69.8 Å². The first kappa shape index (κ1) is 19.7. The van der Waals surface area contributed by atoms with Gasteiger partial charge in [-0.3, -0.25) is 4.79 Å². The van der Waals surface area contributed by atoms with E-state index < -0.39 is 0 Å². The lowest BCUT2D eigenvalue weighted by molar-refractivity contribution is -0.120. The number of rotatable bonds is 5. The van der Waals surface area contributed by atoms with Gasteiger partial charge in [-0.2, -0.15) is 5.10 Å². The van der Waals surface area contributed by atoms with Crippen LogP contribution in [0.4, 0.5) is 0 Å². The SMILES string of the molecule is Cc1ccc2nc(Cl)c(/C=N\NC(=O)[C@@H](C)Sc3ccc(Cl)cc3)cc2c1. The smallest absolute Gasteiger partial charge is 0.253 e. The Labute approximate surface area is 172 Å². The highest BCUT2D eigenvalue weighted by Gasteiger charge is 2.13. The minimum Gasteiger partial charge on any atom is -0.272 e. The number of carbonyl (C=O) groups is 1. The molecule has 7 heteroatoms. The zero-order valence-electron chi connectivity index (χ0n) is 14.7. The lowest BCUT2D eigenvalue weighted by atomic mass is 10.1. The first-order valence-corrected chi connectivity index (χ1v) is 9.88. The molecule has 0 unspecified atom stereocenters.